The van der Waals surface area contributed by atoms with Crippen molar-refractivity contribution in [2.75, 3.05) is 37.4 Å². The summed E-state index contributed by atoms with van der Waals surface area (Å²) in [6.45, 7) is 6.02. The van der Waals surface area contributed by atoms with E-state index in [0.717, 1.165) is 30.7 Å². The summed E-state index contributed by atoms with van der Waals surface area (Å²) < 4.78 is 16.1. The van der Waals surface area contributed by atoms with Gasteiger partial charge in [0, 0.05) is 38.3 Å². The van der Waals surface area contributed by atoms with Crippen LogP contribution in [0.3, 0.4) is 0 Å². The maximum atomic E-state index is 14.5. The summed E-state index contributed by atoms with van der Waals surface area (Å²) in [5.74, 6) is 1.39. The van der Waals surface area contributed by atoms with Crippen LogP contribution in [0.5, 0.6) is 0 Å². The Morgan fingerprint density at radius 3 is 2.71 bits per heavy atom. The first-order valence-electron chi connectivity index (χ1n) is 10.2. The van der Waals surface area contributed by atoms with Crippen LogP contribution in [0.15, 0.2) is 24.7 Å². The molecule has 1 aliphatic rings. The van der Waals surface area contributed by atoms with Gasteiger partial charge in [0.25, 0.3) is 0 Å². The minimum Gasteiger partial charge on any atom is -0.353 e. The molecule has 0 aliphatic carbocycles. The molecule has 0 unspecified atom stereocenters. The molecule has 0 saturated carbocycles. The van der Waals surface area contributed by atoms with Gasteiger partial charge in [-0.05, 0) is 34.4 Å². The summed E-state index contributed by atoms with van der Waals surface area (Å²) >= 11 is 0. The maximum Gasteiger partial charge on any atom is 0.222 e. The van der Waals surface area contributed by atoms with Crippen LogP contribution in [-0.4, -0.2) is 68.8 Å². The van der Waals surface area contributed by atoms with Gasteiger partial charge in [-0.2, -0.15) is 0 Å². The van der Waals surface area contributed by atoms with Crippen LogP contribution in [0.25, 0.3) is 16.7 Å². The van der Waals surface area contributed by atoms with Gasteiger partial charge in [-0.15, -0.1) is 5.10 Å². The van der Waals surface area contributed by atoms with Gasteiger partial charge in [0.1, 0.15) is 11.5 Å². The molecule has 1 N–H and O–H groups in total. The van der Waals surface area contributed by atoms with Gasteiger partial charge in [0.2, 0.25) is 5.91 Å². The Morgan fingerprint density at radius 2 is 2.06 bits per heavy atom. The highest BCUT2D eigenvalue weighted by Crippen LogP contribution is 2.32. The molecule has 4 rings (SSSR count). The van der Waals surface area contributed by atoms with Gasteiger partial charge in [0.05, 0.1) is 29.0 Å². The number of carbonyl (C=O) groups is 1. The molecular weight excluding hydrogens is 399 g/mol. The molecule has 1 amide bonds. The zero-order valence-electron chi connectivity index (χ0n) is 18.4. The zero-order chi connectivity index (χ0) is 22.3. The van der Waals surface area contributed by atoms with Crippen molar-refractivity contribution in [3.8, 4) is 5.82 Å². The molecule has 31 heavy (non-hydrogen) atoms. The second-order valence-electron chi connectivity index (χ2n) is 8.59. The maximum absolute atomic E-state index is 14.5. The molecule has 4 heterocycles. The lowest BCUT2D eigenvalue weighted by Crippen LogP contribution is -2.31. The number of halogens is 1. The van der Waals surface area contributed by atoms with Crippen molar-refractivity contribution < 1.29 is 9.18 Å². The average molecular weight is 427 g/mol. The van der Waals surface area contributed by atoms with E-state index in [4.69, 9.17) is 5.10 Å². The number of nitrogens with one attached hydrogen (secondary N) is 1. The SMILES string of the molecule is CC(=O)Nc1cc2c(cn1)c(N1CC[C@@H](N(C)C)C1)nn2-c1cncc(C(C)(C)F)n1. The lowest BCUT2D eigenvalue weighted by atomic mass is 10.1. The minimum atomic E-state index is -1.63. The molecule has 3 aromatic rings. The highest BCUT2D eigenvalue weighted by Gasteiger charge is 2.29. The third kappa shape index (κ3) is 4.20. The van der Waals surface area contributed by atoms with E-state index in [2.05, 4.69) is 44.2 Å². The van der Waals surface area contributed by atoms with E-state index >= 15 is 0 Å². The number of hydrogen-bond acceptors (Lipinski definition) is 7. The van der Waals surface area contributed by atoms with Crippen molar-refractivity contribution in [2.45, 2.75) is 38.9 Å². The molecule has 164 valence electrons. The van der Waals surface area contributed by atoms with Gasteiger partial charge in [-0.1, -0.05) is 0 Å². The second kappa shape index (κ2) is 7.84. The molecule has 9 nitrogen and oxygen atoms in total. The number of amides is 1. The Labute approximate surface area is 180 Å². The molecule has 10 heteroatoms. The number of pyridine rings is 1. The summed E-state index contributed by atoms with van der Waals surface area (Å²) in [7, 11) is 4.15. The first kappa shape index (κ1) is 21.1. The van der Waals surface area contributed by atoms with Crippen molar-refractivity contribution in [1.29, 1.82) is 0 Å². The van der Waals surface area contributed by atoms with Crippen LogP contribution in [0, 0.1) is 0 Å². The lowest BCUT2D eigenvalue weighted by molar-refractivity contribution is -0.114. The van der Waals surface area contributed by atoms with Crippen LogP contribution in [0.2, 0.25) is 0 Å². The summed E-state index contributed by atoms with van der Waals surface area (Å²) in [4.78, 5) is 29.0. The van der Waals surface area contributed by atoms with Gasteiger partial charge in [0.15, 0.2) is 11.6 Å². The Bertz CT molecular complexity index is 1120. The second-order valence-corrected chi connectivity index (χ2v) is 8.59. The van der Waals surface area contributed by atoms with Crippen molar-refractivity contribution >= 4 is 28.4 Å². The van der Waals surface area contributed by atoms with Gasteiger partial charge in [-0.3, -0.25) is 9.78 Å². The Morgan fingerprint density at radius 1 is 1.29 bits per heavy atom. The zero-order valence-corrected chi connectivity index (χ0v) is 18.4. The predicted molar refractivity (Wildman–Crippen MR) is 117 cm³/mol. The Hall–Kier alpha value is -3.14. The Balaban J connectivity index is 1.85. The Kier molecular flexibility index (Phi) is 5.34. The number of fused-ring (bicyclic) bond motifs is 1. The van der Waals surface area contributed by atoms with Crippen molar-refractivity contribution in [1.82, 2.24) is 29.6 Å². The fourth-order valence-electron chi connectivity index (χ4n) is 3.75. The lowest BCUT2D eigenvalue weighted by Gasteiger charge is -2.20. The monoisotopic (exact) mass is 426 g/mol. The van der Waals surface area contributed by atoms with Crippen LogP contribution in [-0.2, 0) is 10.5 Å². The van der Waals surface area contributed by atoms with E-state index in [9.17, 15) is 9.18 Å². The van der Waals surface area contributed by atoms with E-state index in [0.29, 0.717) is 23.2 Å². The smallest absolute Gasteiger partial charge is 0.222 e. The average Bonchev–Trinajstić information content (AvgIpc) is 3.31. The fourth-order valence-corrected chi connectivity index (χ4v) is 3.75. The molecule has 1 aliphatic heterocycles. The topological polar surface area (TPSA) is 92.1 Å². The highest BCUT2D eigenvalue weighted by molar-refractivity contribution is 5.95. The molecule has 1 atom stereocenters. The molecular formula is C21H27FN8O. The van der Waals surface area contributed by atoms with Crippen molar-refractivity contribution in [2.24, 2.45) is 0 Å². The molecule has 1 saturated heterocycles. The third-order valence-corrected chi connectivity index (χ3v) is 5.49. The number of carbonyl (C=O) groups excluding carboxylic acids is 1. The van der Waals surface area contributed by atoms with Gasteiger partial charge < -0.3 is 15.1 Å². The van der Waals surface area contributed by atoms with Gasteiger partial charge in [-0.25, -0.2) is 19.0 Å². The van der Waals surface area contributed by atoms with Crippen LogP contribution < -0.4 is 10.2 Å². The molecule has 0 aromatic carbocycles. The van der Waals surface area contributed by atoms with Crippen LogP contribution >= 0.6 is 0 Å². The van der Waals surface area contributed by atoms with Crippen LogP contribution in [0.4, 0.5) is 16.0 Å². The summed E-state index contributed by atoms with van der Waals surface area (Å²) in [6.07, 6.45) is 5.71. The predicted octanol–water partition coefficient (Wildman–Crippen LogP) is 2.51. The van der Waals surface area contributed by atoms with E-state index in [1.807, 2.05) is 0 Å². The molecule has 3 aromatic heterocycles. The number of likely N-dealkylation sites (N-methyl/N-ethyl adjacent to an activating group) is 1. The number of anilines is 2. The number of rotatable bonds is 5. The molecule has 0 spiro atoms. The van der Waals surface area contributed by atoms with E-state index in [-0.39, 0.29) is 11.6 Å². The standard InChI is InChI=1S/C21H27FN8O/c1-13(31)25-18-8-16-15(9-24-18)20(29-7-6-14(12-29)28(4)5)27-30(16)19-11-23-10-17(26-19)21(2,3)22/h8-11,14H,6-7,12H2,1-5H3,(H,24,25,31)/t14-/m1/s1. The fraction of sp³-hybridized carbons (Fsp3) is 0.476. The van der Waals surface area contributed by atoms with Crippen LogP contribution in [0.1, 0.15) is 32.9 Å². The summed E-state index contributed by atoms with van der Waals surface area (Å²) in [6, 6.07) is 2.18. The quantitative estimate of drug-likeness (QED) is 0.670. The molecule has 1 fully saturated rings. The number of nitrogens with zero attached hydrogens (tertiary/aromatic N) is 7. The van der Waals surface area contributed by atoms with E-state index in [1.165, 1.54) is 27.0 Å². The highest BCUT2D eigenvalue weighted by atomic mass is 19.1. The number of hydrogen-bond donors (Lipinski definition) is 1. The summed E-state index contributed by atoms with van der Waals surface area (Å²) in [5, 5.41) is 8.36. The minimum absolute atomic E-state index is 0.215. The normalized spacial score (nSPS) is 17.0. The number of aromatic nitrogens is 5. The molecule has 0 radical (unpaired) electrons. The summed E-state index contributed by atoms with van der Waals surface area (Å²) in [5.41, 5.74) is -0.698. The van der Waals surface area contributed by atoms with Gasteiger partial charge >= 0.3 is 0 Å². The van der Waals surface area contributed by atoms with Crippen molar-refractivity contribution in [3.63, 3.8) is 0 Å². The van der Waals surface area contributed by atoms with E-state index < -0.39 is 5.67 Å². The largest absolute Gasteiger partial charge is 0.353 e. The first-order chi connectivity index (χ1) is 14.6. The third-order valence-electron chi connectivity index (χ3n) is 5.49. The first-order valence-corrected chi connectivity index (χ1v) is 10.2. The van der Waals surface area contributed by atoms with Crippen molar-refractivity contribution in [3.05, 3.63) is 30.4 Å². The molecule has 0 bridgehead atoms. The number of alkyl halides is 1. The van der Waals surface area contributed by atoms with E-state index in [1.54, 1.807) is 23.1 Å².